The fraction of sp³-hybridized carbons (Fsp3) is 0.500. The van der Waals surface area contributed by atoms with Crippen molar-refractivity contribution in [1.29, 1.82) is 0 Å². The van der Waals surface area contributed by atoms with E-state index >= 15 is 0 Å². The molecule has 0 radical (unpaired) electrons. The van der Waals surface area contributed by atoms with Gasteiger partial charge in [0.15, 0.2) is 0 Å². The first-order chi connectivity index (χ1) is 7.30. The number of aliphatic carboxylic acids is 3. The van der Waals surface area contributed by atoms with Gasteiger partial charge >= 0.3 is 17.9 Å². The zero-order valence-corrected chi connectivity index (χ0v) is 8.69. The summed E-state index contributed by atoms with van der Waals surface area (Å²) in [5.41, 5.74) is -2.42. The van der Waals surface area contributed by atoms with Crippen molar-refractivity contribution < 1.29 is 29.7 Å². The van der Waals surface area contributed by atoms with Gasteiger partial charge < -0.3 is 15.3 Å². The summed E-state index contributed by atoms with van der Waals surface area (Å²) in [5.74, 6) is -4.13. The van der Waals surface area contributed by atoms with Crippen LogP contribution in [-0.4, -0.2) is 33.2 Å². The molecule has 1 aliphatic carbocycles. The van der Waals surface area contributed by atoms with Gasteiger partial charge in [-0.2, -0.15) is 0 Å². The van der Waals surface area contributed by atoms with Crippen LogP contribution in [0.25, 0.3) is 0 Å². The number of hydrogen-bond donors (Lipinski definition) is 3. The highest BCUT2D eigenvalue weighted by atomic mass is 16.4. The van der Waals surface area contributed by atoms with Gasteiger partial charge in [-0.15, -0.1) is 0 Å². The van der Waals surface area contributed by atoms with E-state index in [1.54, 1.807) is 0 Å². The molecule has 0 aromatic heterocycles. The van der Waals surface area contributed by atoms with Gasteiger partial charge in [-0.05, 0) is 26.2 Å². The SMILES string of the molecule is CC1(C(=O)O)CCCC(C(=O)O)=C1C(=O)O. The summed E-state index contributed by atoms with van der Waals surface area (Å²) in [6.07, 6.45) is 0.599. The average Bonchev–Trinajstić information content (AvgIpc) is 2.16. The minimum Gasteiger partial charge on any atom is -0.481 e. The molecule has 0 aromatic carbocycles. The highest BCUT2D eigenvalue weighted by Crippen LogP contribution is 2.41. The van der Waals surface area contributed by atoms with Crippen molar-refractivity contribution in [2.24, 2.45) is 5.41 Å². The van der Waals surface area contributed by atoms with Crippen molar-refractivity contribution in [2.45, 2.75) is 26.2 Å². The molecule has 1 unspecified atom stereocenters. The molecule has 0 saturated carbocycles. The fourth-order valence-corrected chi connectivity index (χ4v) is 1.99. The highest BCUT2D eigenvalue weighted by molar-refractivity contribution is 6.04. The number of carboxylic acids is 3. The van der Waals surface area contributed by atoms with Crippen molar-refractivity contribution in [3.05, 3.63) is 11.1 Å². The van der Waals surface area contributed by atoms with Gasteiger partial charge in [0.25, 0.3) is 0 Å². The van der Waals surface area contributed by atoms with Crippen LogP contribution in [0.15, 0.2) is 11.1 Å². The van der Waals surface area contributed by atoms with Crippen molar-refractivity contribution in [3.8, 4) is 0 Å². The first kappa shape index (κ1) is 12.2. The normalized spacial score (nSPS) is 25.3. The number of rotatable bonds is 3. The van der Waals surface area contributed by atoms with Crippen LogP contribution >= 0.6 is 0 Å². The molecule has 0 aliphatic heterocycles. The molecule has 1 rings (SSSR count). The maximum atomic E-state index is 11.1. The Morgan fingerprint density at radius 3 is 2.06 bits per heavy atom. The van der Waals surface area contributed by atoms with Gasteiger partial charge in [0.1, 0.15) is 0 Å². The minimum absolute atomic E-state index is 0.0971. The van der Waals surface area contributed by atoms with Crippen LogP contribution in [0.1, 0.15) is 26.2 Å². The Morgan fingerprint density at radius 1 is 1.12 bits per heavy atom. The number of carbonyl (C=O) groups is 3. The van der Waals surface area contributed by atoms with E-state index in [1.807, 2.05) is 0 Å². The molecule has 16 heavy (non-hydrogen) atoms. The smallest absolute Gasteiger partial charge is 0.333 e. The second-order valence-electron chi connectivity index (χ2n) is 3.95. The van der Waals surface area contributed by atoms with E-state index in [9.17, 15) is 14.4 Å². The lowest BCUT2D eigenvalue weighted by Gasteiger charge is -2.30. The molecule has 0 spiro atoms. The zero-order valence-electron chi connectivity index (χ0n) is 8.69. The summed E-state index contributed by atoms with van der Waals surface area (Å²) >= 11 is 0. The van der Waals surface area contributed by atoms with Crippen LogP contribution < -0.4 is 0 Å². The predicted octanol–water partition coefficient (Wildman–Crippen LogP) is 0.727. The molecule has 6 nitrogen and oxygen atoms in total. The van der Waals surface area contributed by atoms with E-state index in [0.29, 0.717) is 6.42 Å². The molecule has 0 aromatic rings. The van der Waals surface area contributed by atoms with Crippen LogP contribution in [0.5, 0.6) is 0 Å². The van der Waals surface area contributed by atoms with E-state index < -0.39 is 28.9 Å². The van der Waals surface area contributed by atoms with Gasteiger partial charge in [0, 0.05) is 5.57 Å². The van der Waals surface area contributed by atoms with Crippen LogP contribution in [0.4, 0.5) is 0 Å². The fourth-order valence-electron chi connectivity index (χ4n) is 1.99. The number of hydrogen-bond acceptors (Lipinski definition) is 3. The first-order valence-electron chi connectivity index (χ1n) is 4.74. The lowest BCUT2D eigenvalue weighted by Crippen LogP contribution is -2.37. The minimum atomic E-state index is -1.61. The van der Waals surface area contributed by atoms with E-state index in [2.05, 4.69) is 0 Å². The monoisotopic (exact) mass is 228 g/mol. The van der Waals surface area contributed by atoms with E-state index in [4.69, 9.17) is 15.3 Å². The van der Waals surface area contributed by atoms with Crippen molar-refractivity contribution in [3.63, 3.8) is 0 Å². The Labute approximate surface area is 91.2 Å². The van der Waals surface area contributed by atoms with Crippen LogP contribution in [-0.2, 0) is 14.4 Å². The molecule has 1 aliphatic rings. The molecule has 1 atom stereocenters. The summed E-state index contributed by atoms with van der Waals surface area (Å²) in [6.45, 7) is 1.25. The molecule has 0 bridgehead atoms. The molecular formula is C10H12O6. The van der Waals surface area contributed by atoms with Crippen molar-refractivity contribution in [1.82, 2.24) is 0 Å². The summed E-state index contributed by atoms with van der Waals surface area (Å²) in [4.78, 5) is 32.9. The second kappa shape index (κ2) is 3.96. The summed E-state index contributed by atoms with van der Waals surface area (Å²) < 4.78 is 0. The maximum Gasteiger partial charge on any atom is 0.333 e. The third-order valence-electron chi connectivity index (χ3n) is 2.90. The lowest BCUT2D eigenvalue weighted by molar-refractivity contribution is -0.150. The van der Waals surface area contributed by atoms with Gasteiger partial charge in [-0.3, -0.25) is 4.79 Å². The third kappa shape index (κ3) is 1.78. The van der Waals surface area contributed by atoms with Crippen molar-refractivity contribution in [2.75, 3.05) is 0 Å². The predicted molar refractivity (Wildman–Crippen MR) is 51.9 cm³/mol. The van der Waals surface area contributed by atoms with Gasteiger partial charge in [0.2, 0.25) is 0 Å². The quantitative estimate of drug-likeness (QED) is 0.656. The maximum absolute atomic E-state index is 11.1. The lowest BCUT2D eigenvalue weighted by atomic mass is 9.71. The van der Waals surface area contributed by atoms with Gasteiger partial charge in [0.05, 0.1) is 11.0 Å². The van der Waals surface area contributed by atoms with Crippen molar-refractivity contribution >= 4 is 17.9 Å². The Bertz CT molecular complexity index is 394. The summed E-state index contributed by atoms with van der Waals surface area (Å²) in [7, 11) is 0. The number of carboxylic acid groups (broad SMARTS) is 3. The molecule has 88 valence electrons. The second-order valence-corrected chi connectivity index (χ2v) is 3.95. The molecule has 3 N–H and O–H groups in total. The first-order valence-corrected chi connectivity index (χ1v) is 4.74. The average molecular weight is 228 g/mol. The Kier molecular flexibility index (Phi) is 3.02. The standard InChI is InChI=1S/C10H12O6/c1-10(9(15)16)4-2-3-5(7(11)12)6(10)8(13)14/h2-4H2,1H3,(H,11,12)(H,13,14)(H,15,16). The van der Waals surface area contributed by atoms with E-state index in [-0.39, 0.29) is 18.4 Å². The van der Waals surface area contributed by atoms with Crippen LogP contribution in [0.2, 0.25) is 0 Å². The molecule has 0 heterocycles. The highest BCUT2D eigenvalue weighted by Gasteiger charge is 2.45. The van der Waals surface area contributed by atoms with E-state index in [0.717, 1.165) is 0 Å². The van der Waals surface area contributed by atoms with Gasteiger partial charge in [-0.25, -0.2) is 9.59 Å². The zero-order chi connectivity index (χ0) is 12.5. The summed E-state index contributed by atoms with van der Waals surface area (Å²) in [6, 6.07) is 0. The van der Waals surface area contributed by atoms with Gasteiger partial charge in [-0.1, -0.05) is 0 Å². The molecule has 6 heteroatoms. The molecular weight excluding hydrogens is 216 g/mol. The Balaban J connectivity index is 3.43. The third-order valence-corrected chi connectivity index (χ3v) is 2.90. The topological polar surface area (TPSA) is 112 Å². The largest absolute Gasteiger partial charge is 0.481 e. The Hall–Kier alpha value is -1.85. The van der Waals surface area contributed by atoms with Crippen LogP contribution in [0, 0.1) is 5.41 Å². The molecule has 0 amide bonds. The summed E-state index contributed by atoms with van der Waals surface area (Å²) in [5, 5.41) is 26.8. The van der Waals surface area contributed by atoms with Crippen LogP contribution in [0.3, 0.4) is 0 Å². The molecule has 0 fully saturated rings. The molecule has 0 saturated heterocycles. The van der Waals surface area contributed by atoms with E-state index in [1.165, 1.54) is 6.92 Å². The Morgan fingerprint density at radius 2 is 1.69 bits per heavy atom.